The summed E-state index contributed by atoms with van der Waals surface area (Å²) in [7, 11) is 0. The number of aromatic nitrogens is 3. The van der Waals surface area contributed by atoms with Crippen LogP contribution in [0.25, 0.3) is 0 Å². The minimum absolute atomic E-state index is 0.0214. The summed E-state index contributed by atoms with van der Waals surface area (Å²) in [6.07, 6.45) is 0.0646. The number of nitriles is 1. The van der Waals surface area contributed by atoms with Gasteiger partial charge in [-0.25, -0.2) is 15.0 Å². The highest BCUT2D eigenvalue weighted by Crippen LogP contribution is 2.40. The summed E-state index contributed by atoms with van der Waals surface area (Å²) < 4.78 is 39.0. The molecule has 10 heteroatoms. The zero-order chi connectivity index (χ0) is 22.0. The zero-order valence-corrected chi connectivity index (χ0v) is 16.7. The third-order valence-electron chi connectivity index (χ3n) is 5.47. The fourth-order valence-electron chi connectivity index (χ4n) is 3.71. The van der Waals surface area contributed by atoms with E-state index in [0.717, 1.165) is 49.7 Å². The molecule has 1 saturated heterocycles. The Bertz CT molecular complexity index is 1010. The minimum Gasteiger partial charge on any atom is -0.341 e. The number of nitrogens with one attached hydrogen (secondary N) is 1. The lowest BCUT2D eigenvalue weighted by Crippen LogP contribution is -2.39. The van der Waals surface area contributed by atoms with Crippen LogP contribution in [0.5, 0.6) is 0 Å². The monoisotopic (exact) mass is 430 g/mol. The van der Waals surface area contributed by atoms with Crippen LogP contribution in [-0.2, 0) is 11.0 Å². The first-order valence-electron chi connectivity index (χ1n) is 10.2. The van der Waals surface area contributed by atoms with Gasteiger partial charge in [-0.2, -0.15) is 18.4 Å². The zero-order valence-electron chi connectivity index (χ0n) is 16.7. The van der Waals surface area contributed by atoms with Crippen molar-refractivity contribution in [3.8, 4) is 6.07 Å². The van der Waals surface area contributed by atoms with Crippen LogP contribution in [0.15, 0.2) is 24.4 Å². The number of carbonyl (C=O) groups is 1. The number of hydrogen-bond acceptors (Lipinski definition) is 6. The summed E-state index contributed by atoms with van der Waals surface area (Å²) in [5, 5.41) is 11.7. The molecule has 31 heavy (non-hydrogen) atoms. The van der Waals surface area contributed by atoms with Crippen LogP contribution >= 0.6 is 0 Å². The third kappa shape index (κ3) is 5.10. The lowest BCUT2D eigenvalue weighted by molar-refractivity contribution is -0.137. The first-order chi connectivity index (χ1) is 14.8. The normalized spacial score (nSPS) is 19.0. The molecule has 0 aromatic carbocycles. The number of rotatable bonds is 5. The van der Waals surface area contributed by atoms with Gasteiger partial charge in [-0.1, -0.05) is 0 Å². The van der Waals surface area contributed by atoms with Crippen molar-refractivity contribution in [1.82, 2.24) is 19.9 Å². The van der Waals surface area contributed by atoms with E-state index >= 15 is 0 Å². The van der Waals surface area contributed by atoms with E-state index in [-0.39, 0.29) is 30.0 Å². The fraction of sp³-hybridized carbons (Fsp3) is 0.476. The predicted molar refractivity (Wildman–Crippen MR) is 105 cm³/mol. The highest BCUT2D eigenvalue weighted by Gasteiger charge is 2.32. The maximum Gasteiger partial charge on any atom is 0.416 e. The number of amides is 1. The lowest BCUT2D eigenvalue weighted by Gasteiger charge is -2.32. The van der Waals surface area contributed by atoms with Gasteiger partial charge >= 0.3 is 6.18 Å². The van der Waals surface area contributed by atoms with Gasteiger partial charge < -0.3 is 10.2 Å². The average Bonchev–Trinajstić information content (AvgIpc) is 3.59. The summed E-state index contributed by atoms with van der Waals surface area (Å²) in [5.41, 5.74) is -0.0403. The van der Waals surface area contributed by atoms with Crippen molar-refractivity contribution >= 4 is 17.5 Å². The number of carbonyl (C=O) groups excluding carboxylic acids is 1. The van der Waals surface area contributed by atoms with E-state index in [1.54, 1.807) is 11.0 Å². The van der Waals surface area contributed by atoms with E-state index in [0.29, 0.717) is 24.7 Å². The Labute approximate surface area is 177 Å². The first kappa shape index (κ1) is 21.0. The number of hydrogen-bond donors (Lipinski definition) is 1. The van der Waals surface area contributed by atoms with Crippen molar-refractivity contribution in [2.45, 2.75) is 50.1 Å². The number of pyridine rings is 1. The van der Waals surface area contributed by atoms with Gasteiger partial charge in [0.2, 0.25) is 5.91 Å². The molecule has 0 spiro atoms. The van der Waals surface area contributed by atoms with Crippen LogP contribution in [0.1, 0.15) is 61.0 Å². The molecule has 2 aromatic heterocycles. The van der Waals surface area contributed by atoms with Crippen molar-refractivity contribution in [3.63, 3.8) is 0 Å². The van der Waals surface area contributed by atoms with E-state index in [1.807, 2.05) is 6.07 Å². The van der Waals surface area contributed by atoms with Crippen molar-refractivity contribution in [2.75, 3.05) is 18.4 Å². The van der Waals surface area contributed by atoms with Crippen LogP contribution < -0.4 is 5.32 Å². The second kappa shape index (κ2) is 8.49. The summed E-state index contributed by atoms with van der Waals surface area (Å²) >= 11 is 0. The molecule has 2 aromatic rings. The molecular formula is C21H21F3N6O. The van der Waals surface area contributed by atoms with Gasteiger partial charge in [0.15, 0.2) is 0 Å². The van der Waals surface area contributed by atoms with Crippen molar-refractivity contribution < 1.29 is 18.0 Å². The molecule has 1 aliphatic heterocycles. The van der Waals surface area contributed by atoms with E-state index in [4.69, 9.17) is 10.2 Å². The molecule has 162 valence electrons. The molecular weight excluding hydrogens is 409 g/mol. The Morgan fingerprint density at radius 3 is 2.71 bits per heavy atom. The van der Waals surface area contributed by atoms with Crippen LogP contribution in [0.2, 0.25) is 0 Å². The molecule has 1 atom stereocenters. The average molecular weight is 430 g/mol. The molecule has 1 aliphatic carbocycles. The second-order valence-corrected chi connectivity index (χ2v) is 7.88. The van der Waals surface area contributed by atoms with E-state index < -0.39 is 11.7 Å². The number of likely N-dealkylation sites (tertiary alicyclic amines) is 1. The fourth-order valence-corrected chi connectivity index (χ4v) is 3.71. The van der Waals surface area contributed by atoms with E-state index in [1.165, 1.54) is 0 Å². The minimum atomic E-state index is -4.46. The number of halogens is 3. The molecule has 2 fully saturated rings. The van der Waals surface area contributed by atoms with Crippen LogP contribution in [0.3, 0.4) is 0 Å². The Kier molecular flexibility index (Phi) is 5.76. The summed E-state index contributed by atoms with van der Waals surface area (Å²) in [5.74, 6) is 1.12. The molecule has 0 bridgehead atoms. The van der Waals surface area contributed by atoms with Crippen LogP contribution in [0.4, 0.5) is 24.8 Å². The molecule has 1 saturated carbocycles. The molecule has 1 amide bonds. The van der Waals surface area contributed by atoms with Crippen molar-refractivity contribution in [1.29, 1.82) is 5.26 Å². The van der Waals surface area contributed by atoms with Crippen LogP contribution in [0, 0.1) is 11.3 Å². The smallest absolute Gasteiger partial charge is 0.341 e. The van der Waals surface area contributed by atoms with Gasteiger partial charge in [0, 0.05) is 37.2 Å². The number of nitrogens with zero attached hydrogens (tertiary/aromatic N) is 5. The second-order valence-electron chi connectivity index (χ2n) is 7.88. The van der Waals surface area contributed by atoms with Gasteiger partial charge in [0.05, 0.1) is 17.3 Å². The third-order valence-corrected chi connectivity index (χ3v) is 5.47. The number of piperidine rings is 1. The summed E-state index contributed by atoms with van der Waals surface area (Å²) in [6, 6.07) is 5.47. The molecule has 1 N–H and O–H groups in total. The molecule has 0 radical (unpaired) electrons. The molecule has 2 aliphatic rings. The summed E-state index contributed by atoms with van der Waals surface area (Å²) in [6.45, 7) is 1.07. The first-order valence-corrected chi connectivity index (χ1v) is 10.2. The van der Waals surface area contributed by atoms with Crippen LogP contribution in [-0.4, -0.2) is 38.8 Å². The number of anilines is 2. The molecule has 7 nitrogen and oxygen atoms in total. The van der Waals surface area contributed by atoms with E-state index in [2.05, 4.69) is 15.3 Å². The molecule has 1 unspecified atom stereocenters. The highest BCUT2D eigenvalue weighted by molar-refractivity contribution is 5.78. The highest BCUT2D eigenvalue weighted by atomic mass is 19.4. The maximum absolute atomic E-state index is 13.0. The van der Waals surface area contributed by atoms with Gasteiger partial charge in [0.25, 0.3) is 0 Å². The predicted octanol–water partition coefficient (Wildman–Crippen LogP) is 4.13. The van der Waals surface area contributed by atoms with Gasteiger partial charge in [-0.05, 0) is 37.8 Å². The van der Waals surface area contributed by atoms with Gasteiger partial charge in [0.1, 0.15) is 23.9 Å². The van der Waals surface area contributed by atoms with E-state index in [9.17, 15) is 18.0 Å². The Morgan fingerprint density at radius 2 is 2.00 bits per heavy atom. The molecule has 4 rings (SSSR count). The molecule has 3 heterocycles. The standard InChI is InChI=1S/C21H21F3N6O/c22-21(23,24)15-6-8-26-17(10-15)28-18-11-16(27-20(29-18)13-3-4-13)14-2-1-9-30(12-14)19(31)5-7-25/h6,8,10-11,13-14H,1-5,9,12H2,(H,26,27,28,29). The topological polar surface area (TPSA) is 94.8 Å². The summed E-state index contributed by atoms with van der Waals surface area (Å²) in [4.78, 5) is 27.0. The van der Waals surface area contributed by atoms with Gasteiger partial charge in [-0.15, -0.1) is 0 Å². The van der Waals surface area contributed by atoms with Gasteiger partial charge in [-0.3, -0.25) is 4.79 Å². The van der Waals surface area contributed by atoms with Crippen molar-refractivity contribution in [3.05, 3.63) is 41.5 Å². The Morgan fingerprint density at radius 1 is 1.19 bits per heavy atom. The maximum atomic E-state index is 13.0. The van der Waals surface area contributed by atoms with Crippen molar-refractivity contribution in [2.24, 2.45) is 0 Å². The SMILES string of the molecule is N#CCC(=O)N1CCCC(c2cc(Nc3cc(C(F)(F)F)ccn3)nc(C3CC3)n2)C1. The number of alkyl halides is 3. The largest absolute Gasteiger partial charge is 0.416 e. The lowest BCUT2D eigenvalue weighted by atomic mass is 9.94. The Balaban J connectivity index is 1.59. The Hall–Kier alpha value is -3.22. The quantitative estimate of drug-likeness (QED) is 0.766.